The summed E-state index contributed by atoms with van der Waals surface area (Å²) in [5.74, 6) is -1.53. The molecule has 0 aromatic carbocycles. The molecular formula is C20H30F2N2OS. The Hall–Kier alpha value is -0.750. The van der Waals surface area contributed by atoms with Gasteiger partial charge in [0.25, 0.3) is 5.19 Å². The first-order chi connectivity index (χ1) is 12.6. The highest BCUT2D eigenvalue weighted by Gasteiger charge is 2.45. The van der Waals surface area contributed by atoms with Gasteiger partial charge in [0.15, 0.2) is 0 Å². The number of hydrogen-bond donors (Lipinski definition) is 0. The number of ether oxygens (including phenoxy) is 1. The summed E-state index contributed by atoms with van der Waals surface area (Å²) in [5, 5.41) is 0.681. The van der Waals surface area contributed by atoms with Gasteiger partial charge in [0.2, 0.25) is 5.92 Å². The predicted molar refractivity (Wildman–Crippen MR) is 100 cm³/mol. The van der Waals surface area contributed by atoms with Gasteiger partial charge in [-0.2, -0.15) is 0 Å². The summed E-state index contributed by atoms with van der Waals surface area (Å²) in [6.07, 6.45) is 10.4. The lowest BCUT2D eigenvalue weighted by molar-refractivity contribution is -0.119. The predicted octanol–water partition coefficient (Wildman–Crippen LogP) is 4.94. The smallest absolute Gasteiger partial charge is 0.273 e. The van der Waals surface area contributed by atoms with Crippen molar-refractivity contribution < 1.29 is 13.5 Å². The van der Waals surface area contributed by atoms with E-state index >= 15 is 0 Å². The number of thiazole rings is 1. The average molecular weight is 385 g/mol. The Morgan fingerprint density at radius 3 is 2.62 bits per heavy atom. The number of aromatic nitrogens is 1. The summed E-state index contributed by atoms with van der Waals surface area (Å²) in [5.41, 5.74) is 1.17. The fourth-order valence-corrected chi connectivity index (χ4v) is 5.56. The van der Waals surface area contributed by atoms with Crippen molar-refractivity contribution in [1.82, 2.24) is 9.88 Å². The molecule has 0 spiro atoms. The second-order valence-corrected chi connectivity index (χ2v) is 9.47. The summed E-state index contributed by atoms with van der Waals surface area (Å²) in [6, 6.07) is 0. The van der Waals surface area contributed by atoms with Crippen LogP contribution in [0.25, 0.3) is 0 Å². The third-order valence-corrected chi connectivity index (χ3v) is 7.34. The normalized spacial score (nSPS) is 24.7. The van der Waals surface area contributed by atoms with E-state index in [0.29, 0.717) is 11.8 Å². The highest BCUT2D eigenvalue weighted by Crippen LogP contribution is 2.42. The molecule has 0 bridgehead atoms. The van der Waals surface area contributed by atoms with Crippen LogP contribution in [0.3, 0.4) is 0 Å². The molecule has 0 amide bonds. The van der Waals surface area contributed by atoms with Crippen LogP contribution < -0.4 is 4.74 Å². The topological polar surface area (TPSA) is 25.4 Å². The fourth-order valence-electron chi connectivity index (χ4n) is 4.60. The minimum Gasteiger partial charge on any atom is -0.470 e. The Kier molecular flexibility index (Phi) is 5.79. The summed E-state index contributed by atoms with van der Waals surface area (Å²) in [6.45, 7) is 3.79. The number of nitrogens with zero attached hydrogens (tertiary/aromatic N) is 2. The van der Waals surface area contributed by atoms with Gasteiger partial charge in [-0.3, -0.25) is 0 Å². The maximum Gasteiger partial charge on any atom is 0.273 e. The quantitative estimate of drug-likeness (QED) is 0.695. The van der Waals surface area contributed by atoms with Crippen molar-refractivity contribution >= 4 is 11.3 Å². The van der Waals surface area contributed by atoms with Crippen molar-refractivity contribution in [2.75, 3.05) is 26.2 Å². The van der Waals surface area contributed by atoms with Crippen LogP contribution in [0.5, 0.6) is 5.19 Å². The van der Waals surface area contributed by atoms with Gasteiger partial charge in [-0.05, 0) is 25.3 Å². The molecule has 2 saturated carbocycles. The van der Waals surface area contributed by atoms with Gasteiger partial charge in [-0.15, -0.1) is 0 Å². The van der Waals surface area contributed by atoms with Crippen LogP contribution in [-0.4, -0.2) is 42.0 Å². The summed E-state index contributed by atoms with van der Waals surface area (Å²) < 4.78 is 31.5. The Morgan fingerprint density at radius 2 is 1.85 bits per heavy atom. The first-order valence-corrected chi connectivity index (χ1v) is 11.1. The molecule has 1 aromatic rings. The maximum atomic E-state index is 12.9. The number of hydrogen-bond acceptors (Lipinski definition) is 4. The van der Waals surface area contributed by atoms with Gasteiger partial charge >= 0.3 is 0 Å². The van der Waals surface area contributed by atoms with E-state index in [-0.39, 0.29) is 18.8 Å². The van der Waals surface area contributed by atoms with E-state index in [0.717, 1.165) is 31.8 Å². The van der Waals surface area contributed by atoms with Gasteiger partial charge in [-0.25, -0.2) is 13.8 Å². The second kappa shape index (κ2) is 8.09. The third-order valence-electron chi connectivity index (χ3n) is 6.27. The van der Waals surface area contributed by atoms with Crippen LogP contribution in [0.4, 0.5) is 8.78 Å². The fraction of sp³-hybridized carbons (Fsp3) is 0.850. The lowest BCUT2D eigenvalue weighted by Crippen LogP contribution is -2.38. The Bertz CT molecular complexity index is 567. The van der Waals surface area contributed by atoms with Gasteiger partial charge in [0.1, 0.15) is 0 Å². The molecule has 0 saturated heterocycles. The van der Waals surface area contributed by atoms with Crippen molar-refractivity contribution in [3.63, 3.8) is 0 Å². The molecule has 2 fully saturated rings. The first kappa shape index (κ1) is 18.6. The molecule has 0 radical (unpaired) electrons. The van der Waals surface area contributed by atoms with E-state index in [4.69, 9.17) is 4.74 Å². The molecule has 0 N–H and O–H groups in total. The molecular weight excluding hydrogens is 354 g/mol. The molecule has 2 heterocycles. The van der Waals surface area contributed by atoms with Crippen LogP contribution in [0.15, 0.2) is 0 Å². The minimum atomic E-state index is -2.46. The van der Waals surface area contributed by atoms with Crippen molar-refractivity contribution in [1.29, 1.82) is 0 Å². The van der Waals surface area contributed by atoms with Gasteiger partial charge in [0.05, 0.1) is 12.3 Å². The molecule has 146 valence electrons. The summed E-state index contributed by atoms with van der Waals surface area (Å²) >= 11 is 1.63. The molecule has 26 heavy (non-hydrogen) atoms. The number of alkyl halides is 2. The van der Waals surface area contributed by atoms with Crippen molar-refractivity contribution in [3.8, 4) is 5.19 Å². The zero-order valence-electron chi connectivity index (χ0n) is 15.5. The van der Waals surface area contributed by atoms with Gasteiger partial charge in [0, 0.05) is 43.1 Å². The Labute approximate surface area is 159 Å². The molecule has 2 aliphatic carbocycles. The van der Waals surface area contributed by atoms with E-state index in [1.165, 1.54) is 55.6 Å². The lowest BCUT2D eigenvalue weighted by atomic mass is 9.82. The van der Waals surface area contributed by atoms with E-state index in [9.17, 15) is 8.78 Å². The van der Waals surface area contributed by atoms with Crippen LogP contribution >= 0.6 is 11.3 Å². The third kappa shape index (κ3) is 4.75. The van der Waals surface area contributed by atoms with E-state index in [2.05, 4.69) is 9.88 Å². The van der Waals surface area contributed by atoms with Crippen molar-refractivity contribution in [3.05, 3.63) is 10.6 Å². The van der Waals surface area contributed by atoms with Crippen molar-refractivity contribution in [2.45, 2.75) is 70.1 Å². The number of fused-ring (bicyclic) bond motifs is 1. The monoisotopic (exact) mass is 384 g/mol. The zero-order chi connectivity index (χ0) is 18.0. The Morgan fingerprint density at radius 1 is 1.08 bits per heavy atom. The molecule has 4 rings (SSSR count). The first-order valence-electron chi connectivity index (χ1n) is 10.3. The summed E-state index contributed by atoms with van der Waals surface area (Å²) in [7, 11) is 0. The zero-order valence-corrected chi connectivity index (χ0v) is 16.3. The number of halogens is 2. The van der Waals surface area contributed by atoms with E-state index < -0.39 is 5.92 Å². The Balaban J connectivity index is 1.21. The molecule has 0 atom stereocenters. The van der Waals surface area contributed by atoms with Crippen LogP contribution in [0.1, 0.15) is 61.9 Å². The SMILES string of the molecule is FC1(F)CC(COc2nc3c(s2)CCN(CCC2CCCCC2)CC3)C1. The number of rotatable bonds is 6. The van der Waals surface area contributed by atoms with Gasteiger partial charge < -0.3 is 9.64 Å². The molecule has 0 unspecified atom stereocenters. The highest BCUT2D eigenvalue weighted by molar-refractivity contribution is 7.13. The lowest BCUT2D eigenvalue weighted by Gasteiger charge is -2.34. The molecule has 3 nitrogen and oxygen atoms in total. The highest BCUT2D eigenvalue weighted by atomic mass is 32.1. The summed E-state index contributed by atoms with van der Waals surface area (Å²) in [4.78, 5) is 8.57. The van der Waals surface area contributed by atoms with Crippen molar-refractivity contribution in [2.24, 2.45) is 11.8 Å². The largest absolute Gasteiger partial charge is 0.470 e. The minimum absolute atomic E-state index is 0.0102. The van der Waals surface area contributed by atoms with Crippen LogP contribution in [0.2, 0.25) is 0 Å². The van der Waals surface area contributed by atoms with Crippen LogP contribution in [0, 0.1) is 11.8 Å². The van der Waals surface area contributed by atoms with E-state index in [1.807, 2.05) is 0 Å². The molecule has 1 aromatic heterocycles. The standard InChI is InChI=1S/C20H30F2N2OS/c21-20(22)12-16(13-20)14-25-19-23-17-7-10-24(11-8-18(17)26-19)9-6-15-4-2-1-3-5-15/h15-16H,1-14H2. The van der Waals surface area contributed by atoms with Gasteiger partial charge in [-0.1, -0.05) is 43.4 Å². The van der Waals surface area contributed by atoms with Crippen LogP contribution in [-0.2, 0) is 12.8 Å². The molecule has 3 aliphatic rings. The van der Waals surface area contributed by atoms with E-state index in [1.54, 1.807) is 11.3 Å². The molecule has 6 heteroatoms. The second-order valence-electron chi connectivity index (χ2n) is 8.43. The molecule has 1 aliphatic heterocycles. The average Bonchev–Trinajstić information content (AvgIpc) is 2.91. The maximum absolute atomic E-state index is 12.9.